The second-order valence-corrected chi connectivity index (χ2v) is 9.23. The van der Waals surface area contributed by atoms with Gasteiger partial charge in [0.1, 0.15) is 6.26 Å². The van der Waals surface area contributed by atoms with Crippen LogP contribution >= 0.6 is 0 Å². The summed E-state index contributed by atoms with van der Waals surface area (Å²) in [6, 6.07) is 7.92. The van der Waals surface area contributed by atoms with Gasteiger partial charge >= 0.3 is 12.4 Å². The van der Waals surface area contributed by atoms with Crippen LogP contribution in [0.5, 0.6) is 0 Å². The van der Waals surface area contributed by atoms with Crippen LogP contribution < -0.4 is 5.32 Å². The van der Waals surface area contributed by atoms with Gasteiger partial charge in [0.15, 0.2) is 5.69 Å². The maximum Gasteiger partial charge on any atom is 0.416 e. The van der Waals surface area contributed by atoms with Crippen molar-refractivity contribution < 1.29 is 40.3 Å². The number of halogens is 6. The zero-order chi connectivity index (χ0) is 28.2. The SMILES string of the molecule is O=C(CCc1cc(C(F)(F)F)ccc1C(F)(F)F)NCc1ccc(-c2nc(C(=O)N3CCCCC3)co2)cc1. The Bertz CT molecular complexity index is 1310. The fraction of sp³-hybridized carbons (Fsp3) is 0.370. The second-order valence-electron chi connectivity index (χ2n) is 9.23. The van der Waals surface area contributed by atoms with Gasteiger partial charge in [0.25, 0.3) is 5.91 Å². The van der Waals surface area contributed by atoms with Gasteiger partial charge in [0.2, 0.25) is 11.8 Å². The molecule has 2 amide bonds. The van der Waals surface area contributed by atoms with E-state index in [4.69, 9.17) is 4.42 Å². The highest BCUT2D eigenvalue weighted by Gasteiger charge is 2.36. The third kappa shape index (κ3) is 7.18. The lowest BCUT2D eigenvalue weighted by molar-refractivity contribution is -0.141. The molecule has 2 heterocycles. The predicted octanol–water partition coefficient (Wildman–Crippen LogP) is 6.25. The van der Waals surface area contributed by atoms with Crippen LogP contribution in [0.3, 0.4) is 0 Å². The molecule has 1 aromatic heterocycles. The first-order chi connectivity index (χ1) is 18.4. The van der Waals surface area contributed by atoms with Crippen molar-refractivity contribution in [2.75, 3.05) is 13.1 Å². The Morgan fingerprint density at radius 3 is 2.26 bits per heavy atom. The summed E-state index contributed by atoms with van der Waals surface area (Å²) in [5, 5.41) is 2.56. The minimum Gasteiger partial charge on any atom is -0.444 e. The summed E-state index contributed by atoms with van der Waals surface area (Å²) >= 11 is 0. The second kappa shape index (κ2) is 11.5. The molecule has 1 aliphatic heterocycles. The summed E-state index contributed by atoms with van der Waals surface area (Å²) in [6.07, 6.45) is -6.27. The first-order valence-electron chi connectivity index (χ1n) is 12.3. The van der Waals surface area contributed by atoms with E-state index in [0.29, 0.717) is 42.4 Å². The Kier molecular flexibility index (Phi) is 8.31. The fourth-order valence-electron chi connectivity index (χ4n) is 4.32. The zero-order valence-electron chi connectivity index (χ0n) is 20.7. The molecule has 2 aromatic carbocycles. The number of amides is 2. The smallest absolute Gasteiger partial charge is 0.416 e. The van der Waals surface area contributed by atoms with E-state index in [9.17, 15) is 35.9 Å². The summed E-state index contributed by atoms with van der Waals surface area (Å²) in [4.78, 5) is 30.8. The van der Waals surface area contributed by atoms with Crippen molar-refractivity contribution in [1.82, 2.24) is 15.2 Å². The number of hydrogen-bond acceptors (Lipinski definition) is 4. The predicted molar refractivity (Wildman–Crippen MR) is 128 cm³/mol. The maximum absolute atomic E-state index is 13.2. The standard InChI is InChI=1S/C27H25F6N3O3/c28-26(29,30)20-9-10-21(27(31,32)33)19(14-20)8-11-23(37)34-15-17-4-6-18(7-5-17)24-35-22(16-39-24)25(38)36-12-2-1-3-13-36/h4-7,9-10,14,16H,1-3,8,11-13,15H2,(H,34,37). The molecule has 1 fully saturated rings. The zero-order valence-corrected chi connectivity index (χ0v) is 20.7. The molecule has 1 saturated heterocycles. The summed E-state index contributed by atoms with van der Waals surface area (Å²) in [5.74, 6) is -0.540. The van der Waals surface area contributed by atoms with Crippen LogP contribution in [0.15, 0.2) is 53.1 Å². The largest absolute Gasteiger partial charge is 0.444 e. The quantitative estimate of drug-likeness (QED) is 0.351. The lowest BCUT2D eigenvalue weighted by atomic mass is 9.99. The van der Waals surface area contributed by atoms with Gasteiger partial charge in [-0.3, -0.25) is 9.59 Å². The molecule has 1 aliphatic rings. The van der Waals surface area contributed by atoms with Crippen molar-refractivity contribution in [3.05, 3.63) is 76.7 Å². The van der Waals surface area contributed by atoms with Crippen LogP contribution in [0.1, 0.15) is 58.4 Å². The lowest BCUT2D eigenvalue weighted by Gasteiger charge is -2.25. The van der Waals surface area contributed by atoms with Crippen LogP contribution in [0.4, 0.5) is 26.3 Å². The fourth-order valence-corrected chi connectivity index (χ4v) is 4.32. The molecule has 0 radical (unpaired) electrons. The van der Waals surface area contributed by atoms with E-state index in [1.807, 2.05) is 0 Å². The number of hydrogen-bond donors (Lipinski definition) is 1. The number of nitrogens with zero attached hydrogens (tertiary/aromatic N) is 2. The number of likely N-dealkylation sites (tertiary alicyclic amines) is 1. The molecular formula is C27H25F6N3O3. The number of aryl methyl sites for hydroxylation is 1. The number of nitrogens with one attached hydrogen (secondary N) is 1. The normalized spacial score (nSPS) is 14.4. The Morgan fingerprint density at radius 2 is 1.62 bits per heavy atom. The number of carbonyl (C=O) groups excluding carboxylic acids is 2. The molecule has 6 nitrogen and oxygen atoms in total. The van der Waals surface area contributed by atoms with Gasteiger partial charge in [-0.05, 0) is 67.1 Å². The summed E-state index contributed by atoms with van der Waals surface area (Å²) < 4.78 is 84.1. The van der Waals surface area contributed by atoms with Crippen molar-refractivity contribution in [2.24, 2.45) is 0 Å². The highest BCUT2D eigenvalue weighted by atomic mass is 19.4. The molecule has 4 rings (SSSR count). The molecule has 0 atom stereocenters. The van der Waals surface area contributed by atoms with Gasteiger partial charge in [-0.1, -0.05) is 12.1 Å². The van der Waals surface area contributed by atoms with E-state index in [1.54, 1.807) is 29.2 Å². The Labute approximate surface area is 220 Å². The van der Waals surface area contributed by atoms with E-state index < -0.39 is 47.8 Å². The molecule has 1 N–H and O–H groups in total. The van der Waals surface area contributed by atoms with Gasteiger partial charge in [0, 0.05) is 31.6 Å². The number of oxazole rings is 1. The number of rotatable bonds is 7. The number of benzene rings is 2. The maximum atomic E-state index is 13.2. The molecular weight excluding hydrogens is 528 g/mol. The summed E-state index contributed by atoms with van der Waals surface area (Å²) in [7, 11) is 0. The lowest BCUT2D eigenvalue weighted by Crippen LogP contribution is -2.35. The van der Waals surface area contributed by atoms with Crippen molar-refractivity contribution in [3.63, 3.8) is 0 Å². The molecule has 0 aliphatic carbocycles. The number of piperidine rings is 1. The van der Waals surface area contributed by atoms with Crippen LogP contribution in [-0.4, -0.2) is 34.8 Å². The summed E-state index contributed by atoms with van der Waals surface area (Å²) in [5.41, 5.74) is -1.52. The highest BCUT2D eigenvalue weighted by Crippen LogP contribution is 2.37. The first kappa shape index (κ1) is 28.2. The molecule has 0 saturated carbocycles. The van der Waals surface area contributed by atoms with Crippen molar-refractivity contribution >= 4 is 11.8 Å². The number of alkyl halides is 6. The van der Waals surface area contributed by atoms with Gasteiger partial charge in [-0.15, -0.1) is 0 Å². The topological polar surface area (TPSA) is 75.4 Å². The molecule has 12 heteroatoms. The average molecular weight is 554 g/mol. The monoisotopic (exact) mass is 553 g/mol. The molecule has 39 heavy (non-hydrogen) atoms. The number of carbonyl (C=O) groups is 2. The van der Waals surface area contributed by atoms with Gasteiger partial charge < -0.3 is 14.6 Å². The molecule has 3 aromatic rings. The molecule has 208 valence electrons. The van der Waals surface area contributed by atoms with Gasteiger partial charge in [0.05, 0.1) is 11.1 Å². The van der Waals surface area contributed by atoms with E-state index in [2.05, 4.69) is 10.3 Å². The van der Waals surface area contributed by atoms with Gasteiger partial charge in [-0.25, -0.2) is 4.98 Å². The molecule has 0 spiro atoms. The van der Waals surface area contributed by atoms with Crippen LogP contribution in [-0.2, 0) is 30.1 Å². The third-order valence-electron chi connectivity index (χ3n) is 6.42. The highest BCUT2D eigenvalue weighted by molar-refractivity contribution is 5.92. The minimum atomic E-state index is -4.85. The van der Waals surface area contributed by atoms with Crippen molar-refractivity contribution in [3.8, 4) is 11.5 Å². The number of aromatic nitrogens is 1. The van der Waals surface area contributed by atoms with E-state index in [-0.39, 0.29) is 24.0 Å². The summed E-state index contributed by atoms with van der Waals surface area (Å²) in [6.45, 7) is 1.42. The first-order valence-corrected chi connectivity index (χ1v) is 12.3. The van der Waals surface area contributed by atoms with E-state index in [0.717, 1.165) is 19.3 Å². The third-order valence-corrected chi connectivity index (χ3v) is 6.42. The van der Waals surface area contributed by atoms with Crippen molar-refractivity contribution in [1.29, 1.82) is 0 Å². The average Bonchev–Trinajstić information content (AvgIpc) is 3.40. The van der Waals surface area contributed by atoms with Gasteiger partial charge in [-0.2, -0.15) is 26.3 Å². The molecule has 0 unspecified atom stereocenters. The Balaban J connectivity index is 1.33. The Morgan fingerprint density at radius 1 is 0.923 bits per heavy atom. The van der Waals surface area contributed by atoms with Crippen LogP contribution in [0, 0.1) is 0 Å². The van der Waals surface area contributed by atoms with Crippen molar-refractivity contribution in [2.45, 2.75) is 51.0 Å². The van der Waals surface area contributed by atoms with E-state index >= 15 is 0 Å². The Hall–Kier alpha value is -3.83. The van der Waals surface area contributed by atoms with E-state index in [1.165, 1.54) is 6.26 Å². The van der Waals surface area contributed by atoms with Crippen LogP contribution in [0.25, 0.3) is 11.5 Å². The molecule has 0 bridgehead atoms. The minimum absolute atomic E-state index is 0.0537. The van der Waals surface area contributed by atoms with Crippen LogP contribution in [0.2, 0.25) is 0 Å².